The minimum absolute atomic E-state index is 0.176. The summed E-state index contributed by atoms with van der Waals surface area (Å²) in [7, 11) is -3.68. The van der Waals surface area contributed by atoms with Crippen molar-refractivity contribution in [3.63, 3.8) is 0 Å². The summed E-state index contributed by atoms with van der Waals surface area (Å²) in [5.41, 5.74) is 2.90. The average Bonchev–Trinajstić information content (AvgIpc) is 2.60. The first-order valence-electron chi connectivity index (χ1n) is 8.83. The number of sulfonamides is 1. The number of rotatable bonds is 7. The molecule has 1 N–H and O–H groups in total. The van der Waals surface area contributed by atoms with Crippen molar-refractivity contribution in [1.29, 1.82) is 0 Å². The van der Waals surface area contributed by atoms with Crippen LogP contribution < -0.4 is 9.62 Å². The van der Waals surface area contributed by atoms with Crippen molar-refractivity contribution in [2.24, 2.45) is 0 Å². The summed E-state index contributed by atoms with van der Waals surface area (Å²) in [5, 5.41) is 3.74. The molecule has 0 aliphatic carbocycles. The third kappa shape index (κ3) is 5.40. The topological polar surface area (TPSA) is 66.5 Å². The van der Waals surface area contributed by atoms with Crippen molar-refractivity contribution in [2.75, 3.05) is 10.6 Å². The molecule has 0 aromatic heterocycles. The van der Waals surface area contributed by atoms with Gasteiger partial charge in [-0.3, -0.25) is 9.10 Å². The number of hydrogen-bond donors (Lipinski definition) is 1. The van der Waals surface area contributed by atoms with Crippen LogP contribution in [0.1, 0.15) is 30.0 Å². The van der Waals surface area contributed by atoms with Crippen LogP contribution in [0.4, 0.5) is 5.69 Å². The number of carbonyl (C=O) groups excluding carboxylic acids is 1. The molecule has 0 saturated carbocycles. The molecule has 0 unspecified atom stereocenters. The molecule has 0 aliphatic heterocycles. The number of anilines is 1. The molecule has 0 aliphatic rings. The lowest BCUT2D eigenvalue weighted by atomic mass is 10.1. The number of nitrogens with one attached hydrogen (secondary N) is 1. The molecule has 1 atom stereocenters. The number of hydrogen-bond acceptors (Lipinski definition) is 3. The highest BCUT2D eigenvalue weighted by Crippen LogP contribution is 2.27. The van der Waals surface area contributed by atoms with Crippen LogP contribution in [-0.2, 0) is 21.4 Å². The predicted octanol–water partition coefficient (Wildman–Crippen LogP) is 4.47. The van der Waals surface area contributed by atoms with Gasteiger partial charge >= 0.3 is 0 Å². The average molecular weight is 443 g/mol. The largest absolute Gasteiger partial charge is 0.350 e. The van der Waals surface area contributed by atoms with Gasteiger partial charge in [0.2, 0.25) is 15.9 Å². The molecular formula is C20H24Cl2N2O3S. The fraction of sp³-hybridized carbons (Fsp3) is 0.350. The summed E-state index contributed by atoms with van der Waals surface area (Å²) in [4.78, 5) is 12.9. The Bertz CT molecular complexity index is 977. The molecule has 2 rings (SSSR count). The van der Waals surface area contributed by atoms with Gasteiger partial charge in [-0.2, -0.15) is 0 Å². The third-order valence-electron chi connectivity index (χ3n) is 4.40. The number of nitrogens with zero attached hydrogens (tertiary/aromatic N) is 1. The smallest absolute Gasteiger partial charge is 0.244 e. The summed E-state index contributed by atoms with van der Waals surface area (Å²) in [6.07, 6.45) is 1.43. The van der Waals surface area contributed by atoms with Gasteiger partial charge in [-0.15, -0.1) is 0 Å². The summed E-state index contributed by atoms with van der Waals surface area (Å²) in [6, 6.07) is 9.67. The number of aryl methyl sites for hydroxylation is 2. The maximum absolute atomic E-state index is 12.9. The zero-order valence-electron chi connectivity index (χ0n) is 16.3. The second kappa shape index (κ2) is 9.16. The number of halogens is 2. The Labute approximate surface area is 176 Å². The van der Waals surface area contributed by atoms with Gasteiger partial charge in [0.15, 0.2) is 0 Å². The minimum Gasteiger partial charge on any atom is -0.350 e. The van der Waals surface area contributed by atoms with Crippen LogP contribution in [0.5, 0.6) is 0 Å². The second-order valence-corrected chi connectivity index (χ2v) is 9.43. The molecule has 0 spiro atoms. The van der Waals surface area contributed by atoms with Crippen LogP contribution in [0.25, 0.3) is 0 Å². The van der Waals surface area contributed by atoms with Gasteiger partial charge in [-0.1, -0.05) is 48.3 Å². The van der Waals surface area contributed by atoms with Gasteiger partial charge in [-0.25, -0.2) is 8.42 Å². The van der Waals surface area contributed by atoms with Gasteiger partial charge in [-0.05, 0) is 55.2 Å². The van der Waals surface area contributed by atoms with Gasteiger partial charge in [0.05, 0.1) is 11.9 Å². The Hall–Kier alpha value is -1.76. The van der Waals surface area contributed by atoms with Gasteiger partial charge in [0.1, 0.15) is 6.04 Å². The summed E-state index contributed by atoms with van der Waals surface area (Å²) < 4.78 is 26.4. The van der Waals surface area contributed by atoms with E-state index < -0.39 is 16.1 Å². The molecule has 2 aromatic carbocycles. The van der Waals surface area contributed by atoms with Crippen molar-refractivity contribution in [3.05, 3.63) is 63.1 Å². The SMILES string of the molecule is CC[C@@H](C(=O)NCc1ccc(Cl)cc1Cl)N(c1cc(C)ccc1C)S(C)(=O)=O. The fourth-order valence-corrected chi connectivity index (χ4v) is 4.69. The molecule has 5 nitrogen and oxygen atoms in total. The molecule has 0 saturated heterocycles. The number of benzene rings is 2. The quantitative estimate of drug-likeness (QED) is 0.687. The van der Waals surface area contributed by atoms with Crippen molar-refractivity contribution in [2.45, 2.75) is 39.8 Å². The molecule has 0 fully saturated rings. The zero-order valence-corrected chi connectivity index (χ0v) is 18.6. The summed E-state index contributed by atoms with van der Waals surface area (Å²) >= 11 is 12.0. The predicted molar refractivity (Wildman–Crippen MR) is 116 cm³/mol. The number of amides is 1. The van der Waals surface area contributed by atoms with Crippen LogP contribution >= 0.6 is 23.2 Å². The maximum Gasteiger partial charge on any atom is 0.244 e. The van der Waals surface area contributed by atoms with Gasteiger partial charge < -0.3 is 5.32 Å². The summed E-state index contributed by atoms with van der Waals surface area (Å²) in [5.74, 6) is -0.389. The molecule has 2 aromatic rings. The molecule has 0 bridgehead atoms. The highest BCUT2D eigenvalue weighted by Gasteiger charge is 2.32. The molecule has 152 valence electrons. The highest BCUT2D eigenvalue weighted by molar-refractivity contribution is 7.92. The van der Waals surface area contributed by atoms with Crippen LogP contribution in [0.2, 0.25) is 10.0 Å². The van der Waals surface area contributed by atoms with E-state index >= 15 is 0 Å². The molecule has 1 amide bonds. The minimum atomic E-state index is -3.68. The van der Waals surface area contributed by atoms with E-state index in [0.29, 0.717) is 27.7 Å². The van der Waals surface area contributed by atoms with E-state index in [-0.39, 0.29) is 12.5 Å². The lowest BCUT2D eigenvalue weighted by Gasteiger charge is -2.31. The van der Waals surface area contributed by atoms with Crippen LogP contribution in [0.3, 0.4) is 0 Å². The van der Waals surface area contributed by atoms with Crippen molar-refractivity contribution in [3.8, 4) is 0 Å². The van der Waals surface area contributed by atoms with Crippen molar-refractivity contribution < 1.29 is 13.2 Å². The van der Waals surface area contributed by atoms with E-state index in [1.165, 1.54) is 4.31 Å². The first-order chi connectivity index (χ1) is 13.0. The van der Waals surface area contributed by atoms with Crippen molar-refractivity contribution in [1.82, 2.24) is 5.32 Å². The second-order valence-electron chi connectivity index (χ2n) is 6.73. The Morgan fingerprint density at radius 2 is 1.82 bits per heavy atom. The standard InChI is InChI=1S/C20H24Cl2N2O3S/c1-5-18(20(25)23-12-15-8-9-16(21)11-17(15)22)24(28(4,26)27)19-10-13(2)6-7-14(19)3/h6-11,18H,5,12H2,1-4H3,(H,23,25)/t18-/m0/s1. The summed E-state index contributed by atoms with van der Waals surface area (Å²) in [6.45, 7) is 5.66. The molecule has 0 heterocycles. The first kappa shape index (κ1) is 22.5. The lowest BCUT2D eigenvalue weighted by Crippen LogP contribution is -2.49. The lowest BCUT2D eigenvalue weighted by molar-refractivity contribution is -0.122. The van der Waals surface area contributed by atoms with E-state index in [1.54, 1.807) is 31.2 Å². The zero-order chi connectivity index (χ0) is 21.1. The van der Waals surface area contributed by atoms with E-state index in [9.17, 15) is 13.2 Å². The van der Waals surface area contributed by atoms with Crippen LogP contribution in [-0.4, -0.2) is 26.6 Å². The van der Waals surface area contributed by atoms with Gasteiger partial charge in [0, 0.05) is 16.6 Å². The monoisotopic (exact) mass is 442 g/mol. The maximum atomic E-state index is 12.9. The molecular weight excluding hydrogens is 419 g/mol. The van der Waals surface area contributed by atoms with E-state index in [2.05, 4.69) is 5.32 Å². The Morgan fingerprint density at radius 3 is 2.39 bits per heavy atom. The van der Waals surface area contributed by atoms with Crippen LogP contribution in [0.15, 0.2) is 36.4 Å². The fourth-order valence-electron chi connectivity index (χ4n) is 2.96. The van der Waals surface area contributed by atoms with Crippen molar-refractivity contribution >= 4 is 44.8 Å². The number of carbonyl (C=O) groups is 1. The molecule has 0 radical (unpaired) electrons. The van der Waals surface area contributed by atoms with Gasteiger partial charge in [0.25, 0.3) is 0 Å². The normalized spacial score (nSPS) is 12.5. The Kier molecular flexibility index (Phi) is 7.37. The van der Waals surface area contributed by atoms with E-state index in [0.717, 1.165) is 17.4 Å². The molecule has 8 heteroatoms. The first-order valence-corrected chi connectivity index (χ1v) is 11.4. The Balaban J connectivity index is 2.32. The Morgan fingerprint density at radius 1 is 1.14 bits per heavy atom. The van der Waals surface area contributed by atoms with E-state index in [1.807, 2.05) is 26.0 Å². The van der Waals surface area contributed by atoms with E-state index in [4.69, 9.17) is 23.2 Å². The molecule has 28 heavy (non-hydrogen) atoms. The van der Waals surface area contributed by atoms with Crippen LogP contribution in [0, 0.1) is 13.8 Å². The third-order valence-corrected chi connectivity index (χ3v) is 6.15. The highest BCUT2D eigenvalue weighted by atomic mass is 35.5.